The molecule has 1 fully saturated rings. The van der Waals surface area contributed by atoms with Crippen LogP contribution in [0.1, 0.15) is 33.9 Å². The van der Waals surface area contributed by atoms with Gasteiger partial charge in [-0.1, -0.05) is 29.8 Å². The van der Waals surface area contributed by atoms with Gasteiger partial charge in [-0.2, -0.15) is 0 Å². The molecule has 1 saturated heterocycles. The first-order valence-electron chi connectivity index (χ1n) is 11.8. The van der Waals surface area contributed by atoms with Gasteiger partial charge < -0.3 is 29.2 Å². The van der Waals surface area contributed by atoms with Crippen molar-refractivity contribution in [1.82, 2.24) is 10.3 Å². The normalized spacial score (nSPS) is 16.9. The van der Waals surface area contributed by atoms with Gasteiger partial charge in [-0.25, -0.2) is 4.79 Å². The molecule has 38 heavy (non-hydrogen) atoms. The summed E-state index contributed by atoms with van der Waals surface area (Å²) in [6.45, 7) is 0.824. The van der Waals surface area contributed by atoms with Gasteiger partial charge in [0.25, 0.3) is 0 Å². The number of anilines is 1. The number of benzene rings is 2. The highest BCUT2D eigenvalue weighted by molar-refractivity contribution is 7.80. The quantitative estimate of drug-likeness (QED) is 0.195. The number of nitrogens with zero attached hydrogens (tertiary/aromatic N) is 2. The summed E-state index contributed by atoms with van der Waals surface area (Å²) in [5, 5.41) is 13.7. The first-order valence-corrected chi connectivity index (χ1v) is 12.6. The molecule has 0 radical (unpaired) electrons. The van der Waals surface area contributed by atoms with E-state index in [9.17, 15) is 9.90 Å². The highest BCUT2D eigenvalue weighted by Gasteiger charge is 2.42. The number of pyridine rings is 1. The third-order valence-corrected chi connectivity index (χ3v) is 6.76. The number of carbonyl (C=O) groups is 1. The largest absolute Gasteiger partial charge is 0.490 e. The van der Waals surface area contributed by atoms with Crippen molar-refractivity contribution < 1.29 is 23.8 Å². The smallest absolute Gasteiger partial charge is 0.335 e. The maximum Gasteiger partial charge on any atom is 0.335 e. The van der Waals surface area contributed by atoms with Crippen LogP contribution in [0, 0.1) is 0 Å². The molecule has 0 spiro atoms. The highest BCUT2D eigenvalue weighted by Crippen LogP contribution is 2.44. The Balaban J connectivity index is 1.53. The molecule has 5 rings (SSSR count). The molecule has 2 unspecified atom stereocenters. The van der Waals surface area contributed by atoms with Crippen LogP contribution in [-0.2, 0) is 4.74 Å². The molecule has 2 N–H and O–H groups in total. The van der Waals surface area contributed by atoms with Crippen LogP contribution in [0.4, 0.5) is 5.69 Å². The van der Waals surface area contributed by atoms with Crippen molar-refractivity contribution in [3.8, 4) is 17.1 Å². The number of hydrogen-bond donors (Lipinski definition) is 2. The maximum absolute atomic E-state index is 11.5. The molecule has 1 aliphatic rings. The van der Waals surface area contributed by atoms with Crippen LogP contribution in [0.5, 0.6) is 5.75 Å². The SMILES string of the molecule is COCCOc1ccc(N2C(=S)NC(c3ccccn3)C2c2ccc(-c3cccc(C(=O)O)c3)o2)cc1Cl. The van der Waals surface area contributed by atoms with Crippen molar-refractivity contribution in [2.45, 2.75) is 12.1 Å². The Hall–Kier alpha value is -3.92. The number of aromatic nitrogens is 1. The number of aromatic carboxylic acids is 1. The zero-order valence-corrected chi connectivity index (χ0v) is 21.9. The van der Waals surface area contributed by atoms with E-state index in [-0.39, 0.29) is 11.6 Å². The molecule has 0 saturated carbocycles. The summed E-state index contributed by atoms with van der Waals surface area (Å²) >= 11 is 12.3. The monoisotopic (exact) mass is 549 g/mol. The summed E-state index contributed by atoms with van der Waals surface area (Å²) in [6.07, 6.45) is 1.73. The predicted molar refractivity (Wildman–Crippen MR) is 148 cm³/mol. The molecule has 0 amide bonds. The number of carboxylic acids is 1. The molecule has 194 valence electrons. The van der Waals surface area contributed by atoms with Crippen LogP contribution < -0.4 is 15.0 Å². The van der Waals surface area contributed by atoms with Crippen molar-refractivity contribution in [2.75, 3.05) is 25.2 Å². The Morgan fingerprint density at radius 2 is 2.00 bits per heavy atom. The van der Waals surface area contributed by atoms with Crippen LogP contribution in [0.15, 0.2) is 83.4 Å². The minimum Gasteiger partial charge on any atom is -0.490 e. The molecule has 1 aliphatic heterocycles. The van der Waals surface area contributed by atoms with Crippen LogP contribution in [-0.4, -0.2) is 41.5 Å². The molecule has 3 heterocycles. The van der Waals surface area contributed by atoms with E-state index in [1.54, 1.807) is 43.6 Å². The number of thiocarbonyl (C=S) groups is 1. The van der Waals surface area contributed by atoms with Crippen molar-refractivity contribution >= 4 is 40.6 Å². The van der Waals surface area contributed by atoms with Gasteiger partial charge >= 0.3 is 5.97 Å². The number of methoxy groups -OCH3 is 1. The molecule has 0 aliphatic carbocycles. The third kappa shape index (κ3) is 5.22. The van der Waals surface area contributed by atoms with Crippen LogP contribution >= 0.6 is 23.8 Å². The summed E-state index contributed by atoms with van der Waals surface area (Å²) in [7, 11) is 1.61. The van der Waals surface area contributed by atoms with Gasteiger partial charge in [0, 0.05) is 24.6 Å². The summed E-state index contributed by atoms with van der Waals surface area (Å²) < 4.78 is 17.1. The molecular weight excluding hydrogens is 526 g/mol. The topological polar surface area (TPSA) is 97.1 Å². The minimum absolute atomic E-state index is 0.180. The van der Waals surface area contributed by atoms with E-state index >= 15 is 0 Å². The summed E-state index contributed by atoms with van der Waals surface area (Å²) in [5.74, 6) is 0.708. The zero-order valence-electron chi connectivity index (χ0n) is 20.3. The van der Waals surface area contributed by atoms with Crippen molar-refractivity contribution in [2.24, 2.45) is 0 Å². The fourth-order valence-corrected chi connectivity index (χ4v) is 4.96. The molecule has 0 bridgehead atoms. The Morgan fingerprint density at radius 3 is 2.74 bits per heavy atom. The first-order chi connectivity index (χ1) is 18.5. The standard InChI is InChI=1S/C28H24ClN3O5S/c1-35-13-14-36-23-9-8-19(16-20(23)29)32-26(25(31-28(32)38)21-7-2-3-12-30-21)24-11-10-22(37-24)17-5-4-6-18(15-17)27(33)34/h2-12,15-16,25-26H,13-14H2,1H3,(H,31,38)(H,33,34). The maximum atomic E-state index is 11.5. The number of nitrogens with one attached hydrogen (secondary N) is 1. The van der Waals surface area contributed by atoms with Gasteiger partial charge in [-0.15, -0.1) is 0 Å². The lowest BCUT2D eigenvalue weighted by Gasteiger charge is -2.26. The lowest BCUT2D eigenvalue weighted by molar-refractivity contribution is 0.0697. The van der Waals surface area contributed by atoms with Gasteiger partial charge in [-0.3, -0.25) is 4.98 Å². The van der Waals surface area contributed by atoms with E-state index in [0.29, 0.717) is 46.2 Å². The molecule has 2 atom stereocenters. The number of rotatable bonds is 9. The molecule has 10 heteroatoms. The lowest BCUT2D eigenvalue weighted by Crippen LogP contribution is -2.29. The second-order valence-electron chi connectivity index (χ2n) is 8.54. The lowest BCUT2D eigenvalue weighted by atomic mass is 10.0. The number of ether oxygens (including phenoxy) is 2. The number of halogens is 1. The van der Waals surface area contributed by atoms with Crippen molar-refractivity contribution in [1.29, 1.82) is 0 Å². The average molecular weight is 550 g/mol. The first kappa shape index (κ1) is 25.7. The Morgan fingerprint density at radius 1 is 1.13 bits per heavy atom. The van der Waals surface area contributed by atoms with Gasteiger partial charge in [-0.05, 0) is 66.8 Å². The Labute approximate surface area is 229 Å². The second-order valence-corrected chi connectivity index (χ2v) is 9.33. The van der Waals surface area contributed by atoms with E-state index in [0.717, 1.165) is 11.4 Å². The molecule has 2 aromatic heterocycles. The fraction of sp³-hybridized carbons (Fsp3) is 0.179. The number of carboxylic acid groups (broad SMARTS) is 1. The molecule has 8 nitrogen and oxygen atoms in total. The average Bonchev–Trinajstić information content (AvgIpc) is 3.55. The predicted octanol–water partition coefficient (Wildman–Crippen LogP) is 5.90. The fourth-order valence-electron chi connectivity index (χ4n) is 4.39. The van der Waals surface area contributed by atoms with E-state index in [1.165, 1.54) is 0 Å². The van der Waals surface area contributed by atoms with E-state index < -0.39 is 12.0 Å². The zero-order chi connectivity index (χ0) is 26.6. The van der Waals surface area contributed by atoms with Gasteiger partial charge in [0.1, 0.15) is 29.9 Å². The third-order valence-electron chi connectivity index (χ3n) is 6.15. The van der Waals surface area contributed by atoms with Crippen LogP contribution in [0.2, 0.25) is 5.02 Å². The van der Waals surface area contributed by atoms with Crippen molar-refractivity contribution in [3.63, 3.8) is 0 Å². The molecule has 4 aromatic rings. The Bertz CT molecular complexity index is 1460. The highest BCUT2D eigenvalue weighted by atomic mass is 35.5. The Kier molecular flexibility index (Phi) is 7.59. The summed E-state index contributed by atoms with van der Waals surface area (Å²) in [6, 6.07) is 20.8. The number of furan rings is 1. The van der Waals surface area contributed by atoms with E-state index in [1.807, 2.05) is 47.4 Å². The van der Waals surface area contributed by atoms with Crippen molar-refractivity contribution in [3.05, 3.63) is 101 Å². The van der Waals surface area contributed by atoms with Gasteiger partial charge in [0.05, 0.1) is 28.9 Å². The minimum atomic E-state index is -1.00. The van der Waals surface area contributed by atoms with E-state index in [4.69, 9.17) is 37.7 Å². The van der Waals surface area contributed by atoms with Gasteiger partial charge in [0.2, 0.25) is 0 Å². The van der Waals surface area contributed by atoms with Crippen LogP contribution in [0.3, 0.4) is 0 Å². The van der Waals surface area contributed by atoms with E-state index in [2.05, 4.69) is 10.3 Å². The molecule has 2 aromatic carbocycles. The second kappa shape index (κ2) is 11.2. The summed E-state index contributed by atoms with van der Waals surface area (Å²) in [4.78, 5) is 18.0. The van der Waals surface area contributed by atoms with Gasteiger partial charge in [0.15, 0.2) is 5.11 Å². The summed E-state index contributed by atoms with van der Waals surface area (Å²) in [5.41, 5.74) is 2.38. The molecular formula is C28H24ClN3O5S. The van der Waals surface area contributed by atoms with Crippen LogP contribution in [0.25, 0.3) is 11.3 Å². The number of hydrogen-bond acceptors (Lipinski definition) is 6.